The van der Waals surface area contributed by atoms with E-state index in [-0.39, 0.29) is 5.97 Å². The van der Waals surface area contributed by atoms with Gasteiger partial charge in [-0.3, -0.25) is 0 Å². The molecule has 1 aromatic heterocycles. The number of halogens is 1. The van der Waals surface area contributed by atoms with Gasteiger partial charge in [-0.25, -0.2) is 4.79 Å². The number of fused-ring (bicyclic) bond motifs is 1. The third kappa shape index (κ3) is 3.11. The predicted molar refractivity (Wildman–Crippen MR) is 94.4 cm³/mol. The Labute approximate surface area is 144 Å². The number of carbonyl (C=O) groups excluding carboxylic acids is 1. The van der Waals surface area contributed by atoms with Crippen molar-refractivity contribution in [2.45, 2.75) is 44.0 Å². The molecule has 0 radical (unpaired) electrons. The average Bonchev–Trinajstić information content (AvgIpc) is 3.14. The van der Waals surface area contributed by atoms with Gasteiger partial charge in [-0.05, 0) is 44.7 Å². The van der Waals surface area contributed by atoms with Crippen molar-refractivity contribution < 1.29 is 14.3 Å². The molecule has 3 rings (SSSR count). The summed E-state index contributed by atoms with van der Waals surface area (Å²) in [5, 5.41) is 1.52. The van der Waals surface area contributed by atoms with Crippen LogP contribution in [-0.2, 0) is 17.1 Å². The fraction of sp³-hybridized carbons (Fsp3) is 0.500. The summed E-state index contributed by atoms with van der Waals surface area (Å²) in [6.45, 7) is 2.20. The van der Waals surface area contributed by atoms with Gasteiger partial charge in [-0.1, -0.05) is 15.9 Å². The first-order chi connectivity index (χ1) is 11.2. The molecule has 0 bridgehead atoms. The standard InChI is InChI=1S/C18H22BrNO3/c1-3-22-18(21)17-14-9-8-13(23-12-6-4-5-7-12)10-15(14)20(2)16(17)11-19/h8-10,12H,3-7,11H2,1-2H3. The number of aryl methyl sites for hydroxylation is 1. The summed E-state index contributed by atoms with van der Waals surface area (Å²) in [7, 11) is 1.97. The molecule has 124 valence electrons. The van der Waals surface area contributed by atoms with E-state index in [0.717, 1.165) is 35.2 Å². The number of ether oxygens (including phenoxy) is 2. The first-order valence-electron chi connectivity index (χ1n) is 8.16. The largest absolute Gasteiger partial charge is 0.490 e. The number of benzene rings is 1. The molecule has 1 aromatic carbocycles. The van der Waals surface area contributed by atoms with Crippen molar-refractivity contribution in [1.29, 1.82) is 0 Å². The van der Waals surface area contributed by atoms with Gasteiger partial charge in [-0.2, -0.15) is 0 Å². The predicted octanol–water partition coefficient (Wildman–Crippen LogP) is 4.57. The van der Waals surface area contributed by atoms with Crippen molar-refractivity contribution in [2.24, 2.45) is 7.05 Å². The maximum Gasteiger partial charge on any atom is 0.340 e. The molecular weight excluding hydrogens is 358 g/mol. The highest BCUT2D eigenvalue weighted by Gasteiger charge is 2.22. The van der Waals surface area contributed by atoms with E-state index >= 15 is 0 Å². The topological polar surface area (TPSA) is 40.5 Å². The molecule has 0 N–H and O–H groups in total. The molecule has 1 aliphatic rings. The van der Waals surface area contributed by atoms with Crippen molar-refractivity contribution in [1.82, 2.24) is 4.57 Å². The highest BCUT2D eigenvalue weighted by Crippen LogP contribution is 2.32. The minimum absolute atomic E-state index is 0.267. The molecule has 5 heteroatoms. The summed E-state index contributed by atoms with van der Waals surface area (Å²) in [6.07, 6.45) is 5.08. The summed E-state index contributed by atoms with van der Waals surface area (Å²) in [5.41, 5.74) is 2.57. The van der Waals surface area contributed by atoms with Crippen LogP contribution in [0.5, 0.6) is 5.75 Å². The fourth-order valence-electron chi connectivity index (χ4n) is 3.33. The third-order valence-electron chi connectivity index (χ3n) is 4.50. The van der Waals surface area contributed by atoms with E-state index in [9.17, 15) is 4.79 Å². The molecule has 1 aliphatic carbocycles. The van der Waals surface area contributed by atoms with Gasteiger partial charge in [0.15, 0.2) is 0 Å². The molecule has 1 saturated carbocycles. The minimum atomic E-state index is -0.267. The number of esters is 1. The van der Waals surface area contributed by atoms with Gasteiger partial charge >= 0.3 is 5.97 Å². The monoisotopic (exact) mass is 379 g/mol. The van der Waals surface area contributed by atoms with Gasteiger partial charge in [0.2, 0.25) is 0 Å². The maximum atomic E-state index is 12.3. The van der Waals surface area contributed by atoms with E-state index in [1.165, 1.54) is 12.8 Å². The average molecular weight is 380 g/mol. The van der Waals surface area contributed by atoms with Crippen molar-refractivity contribution in [2.75, 3.05) is 6.61 Å². The van der Waals surface area contributed by atoms with Gasteiger partial charge in [0.05, 0.1) is 23.8 Å². The van der Waals surface area contributed by atoms with Crippen LogP contribution in [0.4, 0.5) is 0 Å². The number of nitrogens with zero attached hydrogens (tertiary/aromatic N) is 1. The van der Waals surface area contributed by atoms with Crippen molar-refractivity contribution in [3.63, 3.8) is 0 Å². The van der Waals surface area contributed by atoms with Crippen LogP contribution in [0.1, 0.15) is 48.7 Å². The quantitative estimate of drug-likeness (QED) is 0.564. The lowest BCUT2D eigenvalue weighted by molar-refractivity contribution is 0.0527. The van der Waals surface area contributed by atoms with Gasteiger partial charge in [0.25, 0.3) is 0 Å². The Kier molecular flexibility index (Phi) is 4.95. The van der Waals surface area contributed by atoms with Crippen LogP contribution in [0.2, 0.25) is 0 Å². The van der Waals surface area contributed by atoms with Crippen LogP contribution in [-0.4, -0.2) is 23.2 Å². The Morgan fingerprint density at radius 3 is 2.74 bits per heavy atom. The summed E-state index contributed by atoms with van der Waals surface area (Å²) in [4.78, 5) is 12.3. The molecule has 4 nitrogen and oxygen atoms in total. The fourth-order valence-corrected chi connectivity index (χ4v) is 3.98. The molecule has 23 heavy (non-hydrogen) atoms. The number of hydrogen-bond donors (Lipinski definition) is 0. The SMILES string of the molecule is CCOC(=O)c1c(CBr)n(C)c2cc(OC3CCCC3)ccc12. The van der Waals surface area contributed by atoms with Crippen LogP contribution in [0.25, 0.3) is 10.9 Å². The van der Waals surface area contributed by atoms with E-state index in [2.05, 4.69) is 15.9 Å². The number of aromatic nitrogens is 1. The molecule has 2 aromatic rings. The highest BCUT2D eigenvalue weighted by molar-refractivity contribution is 9.08. The highest BCUT2D eigenvalue weighted by atomic mass is 79.9. The Bertz CT molecular complexity index is 717. The van der Waals surface area contributed by atoms with Crippen molar-refractivity contribution in [3.8, 4) is 5.75 Å². The number of rotatable bonds is 5. The molecule has 0 saturated heterocycles. The molecular formula is C18H22BrNO3. The molecule has 0 aliphatic heterocycles. The Morgan fingerprint density at radius 1 is 1.35 bits per heavy atom. The Hall–Kier alpha value is -1.49. The Balaban J connectivity index is 2.01. The van der Waals surface area contributed by atoms with Crippen LogP contribution >= 0.6 is 15.9 Å². The normalized spacial score (nSPS) is 15.3. The summed E-state index contributed by atoms with van der Waals surface area (Å²) in [6, 6.07) is 5.96. The zero-order chi connectivity index (χ0) is 16.4. The zero-order valence-electron chi connectivity index (χ0n) is 13.6. The second kappa shape index (κ2) is 6.95. The van der Waals surface area contributed by atoms with Crippen molar-refractivity contribution in [3.05, 3.63) is 29.5 Å². The van der Waals surface area contributed by atoms with Crippen LogP contribution in [0.15, 0.2) is 18.2 Å². The number of hydrogen-bond acceptors (Lipinski definition) is 3. The second-order valence-electron chi connectivity index (χ2n) is 5.94. The first-order valence-corrected chi connectivity index (χ1v) is 9.29. The van der Waals surface area contributed by atoms with Gasteiger partial charge in [-0.15, -0.1) is 0 Å². The summed E-state index contributed by atoms with van der Waals surface area (Å²) < 4.78 is 13.4. The first kappa shape index (κ1) is 16.4. The lowest BCUT2D eigenvalue weighted by atomic mass is 10.1. The third-order valence-corrected chi connectivity index (χ3v) is 5.04. The molecule has 1 heterocycles. The van der Waals surface area contributed by atoms with Crippen LogP contribution < -0.4 is 4.74 Å². The maximum absolute atomic E-state index is 12.3. The minimum Gasteiger partial charge on any atom is -0.490 e. The van der Waals surface area contributed by atoms with Gasteiger partial charge < -0.3 is 14.0 Å². The smallest absolute Gasteiger partial charge is 0.340 e. The lowest BCUT2D eigenvalue weighted by Gasteiger charge is -2.13. The van der Waals surface area contributed by atoms with E-state index in [0.29, 0.717) is 23.6 Å². The summed E-state index contributed by atoms with van der Waals surface area (Å²) in [5.74, 6) is 0.610. The van der Waals surface area contributed by atoms with Crippen LogP contribution in [0.3, 0.4) is 0 Å². The van der Waals surface area contributed by atoms with E-state index in [4.69, 9.17) is 9.47 Å². The number of alkyl halides is 1. The second-order valence-corrected chi connectivity index (χ2v) is 6.50. The molecule has 0 atom stereocenters. The van der Waals surface area contributed by atoms with E-state index in [1.807, 2.05) is 36.7 Å². The van der Waals surface area contributed by atoms with Crippen molar-refractivity contribution >= 4 is 32.8 Å². The van der Waals surface area contributed by atoms with Crippen LogP contribution in [0, 0.1) is 0 Å². The zero-order valence-corrected chi connectivity index (χ0v) is 15.2. The Morgan fingerprint density at radius 2 is 2.09 bits per heavy atom. The molecule has 0 unspecified atom stereocenters. The number of carbonyl (C=O) groups is 1. The van der Waals surface area contributed by atoms with E-state index in [1.54, 1.807) is 0 Å². The van der Waals surface area contributed by atoms with Gasteiger partial charge in [0, 0.05) is 29.5 Å². The molecule has 1 fully saturated rings. The lowest BCUT2D eigenvalue weighted by Crippen LogP contribution is -2.10. The summed E-state index contributed by atoms with van der Waals surface area (Å²) >= 11 is 3.49. The molecule has 0 spiro atoms. The van der Waals surface area contributed by atoms with Gasteiger partial charge in [0.1, 0.15) is 5.75 Å². The molecule has 0 amide bonds. The van der Waals surface area contributed by atoms with E-state index < -0.39 is 0 Å².